The van der Waals surface area contributed by atoms with Crippen LogP contribution in [0.2, 0.25) is 0 Å². The van der Waals surface area contributed by atoms with Gasteiger partial charge in [-0.1, -0.05) is 12.6 Å². The Morgan fingerprint density at radius 2 is 0.955 bits per heavy atom. The standard InChI is InChI=1S/C8H5F13S/c9-1(2(10)4(12)13)3(11)5(14,15)6(16,17)7(18,19)8(20,21)22/h1-4,22H. The van der Waals surface area contributed by atoms with Crippen LogP contribution in [0.15, 0.2) is 0 Å². The third-order valence-corrected chi connectivity index (χ3v) is 2.64. The quantitative estimate of drug-likeness (QED) is 0.481. The summed E-state index contributed by atoms with van der Waals surface area (Å²) < 4.78 is 162. The summed E-state index contributed by atoms with van der Waals surface area (Å²) in [6.45, 7) is 0. The molecule has 22 heavy (non-hydrogen) atoms. The molecule has 0 nitrogen and oxygen atoms in total. The van der Waals surface area contributed by atoms with E-state index < -0.39 is 48.0 Å². The molecule has 0 fully saturated rings. The average Bonchev–Trinajstić information content (AvgIpc) is 2.33. The fourth-order valence-corrected chi connectivity index (χ4v) is 1.21. The number of hydrogen-bond donors (Lipinski definition) is 1. The molecule has 0 aromatic rings. The summed E-state index contributed by atoms with van der Waals surface area (Å²) in [6, 6.07) is 0. The number of hydrogen-bond acceptors (Lipinski definition) is 1. The van der Waals surface area contributed by atoms with Gasteiger partial charge in [-0.2, -0.15) is 35.1 Å². The Hall–Kier alpha value is -0.560. The summed E-state index contributed by atoms with van der Waals surface area (Å²) >= 11 is 1.65. The minimum absolute atomic E-state index is 1.65. The van der Waals surface area contributed by atoms with Gasteiger partial charge in [-0.15, -0.1) is 0 Å². The second-order valence-electron chi connectivity index (χ2n) is 3.94. The molecule has 0 rings (SSSR count). The van der Waals surface area contributed by atoms with Crippen molar-refractivity contribution in [2.75, 3.05) is 0 Å². The Balaban J connectivity index is 5.71. The molecular weight excluding hydrogens is 375 g/mol. The third kappa shape index (κ3) is 3.35. The first-order chi connectivity index (χ1) is 9.43. The molecular formula is C8H5F13S. The van der Waals surface area contributed by atoms with Crippen molar-refractivity contribution in [1.29, 1.82) is 0 Å². The Morgan fingerprint density at radius 1 is 0.591 bits per heavy atom. The normalized spacial score (nSPS) is 19.2. The topological polar surface area (TPSA) is 0 Å². The largest absolute Gasteiger partial charge is 0.387 e. The van der Waals surface area contributed by atoms with Crippen LogP contribution in [0, 0.1) is 0 Å². The van der Waals surface area contributed by atoms with E-state index in [2.05, 4.69) is 0 Å². The summed E-state index contributed by atoms with van der Waals surface area (Å²) in [6.07, 6.45) is -18.8. The molecule has 0 spiro atoms. The zero-order valence-electron chi connectivity index (χ0n) is 9.67. The van der Waals surface area contributed by atoms with Crippen molar-refractivity contribution in [2.45, 2.75) is 48.0 Å². The molecule has 134 valence electrons. The van der Waals surface area contributed by atoms with Crippen molar-refractivity contribution in [3.8, 4) is 0 Å². The van der Waals surface area contributed by atoms with Crippen LogP contribution in [0.5, 0.6) is 0 Å². The van der Waals surface area contributed by atoms with Gasteiger partial charge in [-0.05, 0) is 0 Å². The number of alkyl halides is 13. The van der Waals surface area contributed by atoms with E-state index in [0.29, 0.717) is 0 Å². The maximum atomic E-state index is 12.9. The van der Waals surface area contributed by atoms with Crippen LogP contribution in [0.3, 0.4) is 0 Å². The number of rotatable bonds is 7. The van der Waals surface area contributed by atoms with E-state index in [1.54, 1.807) is 12.6 Å². The van der Waals surface area contributed by atoms with Crippen LogP contribution in [0.1, 0.15) is 0 Å². The minimum atomic E-state index is -7.27. The first-order valence-electron chi connectivity index (χ1n) is 4.87. The Kier molecular flexibility index (Phi) is 5.99. The van der Waals surface area contributed by atoms with Gasteiger partial charge in [0, 0.05) is 0 Å². The molecule has 0 heterocycles. The molecule has 0 radical (unpaired) electrons. The molecule has 14 heteroatoms. The second kappa shape index (κ2) is 6.15. The van der Waals surface area contributed by atoms with Crippen LogP contribution in [0.25, 0.3) is 0 Å². The molecule has 0 aliphatic heterocycles. The van der Waals surface area contributed by atoms with E-state index >= 15 is 0 Å². The van der Waals surface area contributed by atoms with Crippen molar-refractivity contribution in [3.63, 3.8) is 0 Å². The predicted octanol–water partition coefficient (Wildman–Crippen LogP) is 4.69. The smallest absolute Gasteiger partial charge is 0.241 e. The lowest BCUT2D eigenvalue weighted by atomic mass is 9.96. The van der Waals surface area contributed by atoms with Gasteiger partial charge in [0.2, 0.25) is 6.17 Å². The number of thiol groups is 1. The highest BCUT2D eigenvalue weighted by Crippen LogP contribution is 2.55. The zero-order valence-corrected chi connectivity index (χ0v) is 10.6. The Bertz CT molecular complexity index is 375. The summed E-state index contributed by atoms with van der Waals surface area (Å²) in [7, 11) is 0. The van der Waals surface area contributed by atoms with E-state index in [1.807, 2.05) is 0 Å². The highest BCUT2D eigenvalue weighted by Gasteiger charge is 2.82. The molecule has 3 unspecified atom stereocenters. The van der Waals surface area contributed by atoms with Crippen LogP contribution >= 0.6 is 12.6 Å². The van der Waals surface area contributed by atoms with Gasteiger partial charge in [-0.25, -0.2) is 22.0 Å². The van der Waals surface area contributed by atoms with Gasteiger partial charge in [0.1, 0.15) is 0 Å². The van der Waals surface area contributed by atoms with Crippen molar-refractivity contribution in [2.24, 2.45) is 0 Å². The van der Waals surface area contributed by atoms with Crippen LogP contribution in [0.4, 0.5) is 57.1 Å². The Morgan fingerprint density at radius 3 is 1.23 bits per heavy atom. The molecule has 0 N–H and O–H groups in total. The van der Waals surface area contributed by atoms with Crippen LogP contribution < -0.4 is 0 Å². The molecule has 0 aliphatic rings. The van der Waals surface area contributed by atoms with Crippen molar-refractivity contribution in [1.82, 2.24) is 0 Å². The third-order valence-electron chi connectivity index (χ3n) is 2.36. The fourth-order valence-electron chi connectivity index (χ4n) is 1.07. The predicted molar refractivity (Wildman–Crippen MR) is 49.5 cm³/mol. The van der Waals surface area contributed by atoms with Crippen LogP contribution in [-0.2, 0) is 0 Å². The van der Waals surface area contributed by atoms with Crippen molar-refractivity contribution >= 4 is 12.6 Å². The SMILES string of the molecule is FC(F)C(F)C(F)C(F)C(F)(F)C(F)(F)C(F)(F)C(F)(F)S. The summed E-state index contributed by atoms with van der Waals surface area (Å²) in [5, 5.41) is -6.11. The lowest BCUT2D eigenvalue weighted by molar-refractivity contribution is -0.361. The van der Waals surface area contributed by atoms with E-state index in [-0.39, 0.29) is 0 Å². The van der Waals surface area contributed by atoms with E-state index in [1.165, 1.54) is 0 Å². The summed E-state index contributed by atoms with van der Waals surface area (Å²) in [5.74, 6) is -21.2. The van der Waals surface area contributed by atoms with E-state index in [0.717, 1.165) is 0 Å². The molecule has 0 amide bonds. The van der Waals surface area contributed by atoms with Gasteiger partial charge >= 0.3 is 23.0 Å². The highest BCUT2D eigenvalue weighted by molar-refractivity contribution is 7.81. The molecule has 0 saturated carbocycles. The van der Waals surface area contributed by atoms with Gasteiger partial charge in [0.05, 0.1) is 0 Å². The van der Waals surface area contributed by atoms with Crippen molar-refractivity contribution in [3.05, 3.63) is 0 Å². The maximum absolute atomic E-state index is 12.9. The lowest BCUT2D eigenvalue weighted by Crippen LogP contribution is -2.65. The van der Waals surface area contributed by atoms with Crippen LogP contribution in [-0.4, -0.2) is 48.0 Å². The first kappa shape index (κ1) is 21.4. The maximum Gasteiger partial charge on any atom is 0.387 e. The van der Waals surface area contributed by atoms with Gasteiger partial charge in [0.25, 0.3) is 6.43 Å². The van der Waals surface area contributed by atoms with E-state index in [9.17, 15) is 57.1 Å². The van der Waals surface area contributed by atoms with E-state index in [4.69, 9.17) is 0 Å². The average molecular weight is 380 g/mol. The molecule has 0 bridgehead atoms. The molecule has 0 aliphatic carbocycles. The molecule has 0 saturated heterocycles. The summed E-state index contributed by atoms with van der Waals surface area (Å²) in [4.78, 5) is 0. The fraction of sp³-hybridized carbons (Fsp3) is 1.00. The second-order valence-corrected chi connectivity index (χ2v) is 4.50. The lowest BCUT2D eigenvalue weighted by Gasteiger charge is -2.37. The van der Waals surface area contributed by atoms with Gasteiger partial charge in [-0.3, -0.25) is 0 Å². The molecule has 3 atom stereocenters. The van der Waals surface area contributed by atoms with Gasteiger partial charge in [0.15, 0.2) is 12.3 Å². The minimum Gasteiger partial charge on any atom is -0.241 e. The summed E-state index contributed by atoms with van der Waals surface area (Å²) in [5.41, 5.74) is 0. The van der Waals surface area contributed by atoms with Crippen molar-refractivity contribution < 1.29 is 57.1 Å². The highest BCUT2D eigenvalue weighted by atomic mass is 32.1. The Labute approximate surface area is 119 Å². The molecule has 0 aromatic heterocycles. The monoisotopic (exact) mass is 380 g/mol. The first-order valence-corrected chi connectivity index (χ1v) is 5.31. The number of halogens is 13. The molecule has 0 aromatic carbocycles. The van der Waals surface area contributed by atoms with Gasteiger partial charge < -0.3 is 0 Å². The zero-order chi connectivity index (χ0) is 18.3.